The Morgan fingerprint density at radius 1 is 1.45 bits per heavy atom. The topological polar surface area (TPSA) is 64.6 Å². The van der Waals surface area contributed by atoms with Crippen LogP contribution in [-0.2, 0) is 21.2 Å². The second-order valence-corrected chi connectivity index (χ2v) is 7.09. The van der Waals surface area contributed by atoms with Crippen LogP contribution >= 0.6 is 0 Å². The molecule has 2 rings (SSSR count). The van der Waals surface area contributed by atoms with E-state index in [1.54, 1.807) is 0 Å². The number of nitrogens with one attached hydrogen (secondary N) is 1. The average molecular weight is 303 g/mol. The molecule has 1 heterocycles. The van der Waals surface area contributed by atoms with Gasteiger partial charge in [0, 0.05) is 12.3 Å². The molecule has 1 unspecified atom stereocenters. The number of fused-ring (bicyclic) bond motifs is 1. The van der Waals surface area contributed by atoms with Gasteiger partial charge < -0.3 is 14.8 Å². The third kappa shape index (κ3) is 3.47. The average Bonchev–Trinajstić information content (AvgIpc) is 2.34. The Labute approximate surface area is 118 Å². The molecule has 20 heavy (non-hydrogen) atoms. The van der Waals surface area contributed by atoms with Gasteiger partial charge >= 0.3 is 0 Å². The molecule has 1 aromatic carbocycles. The number of sulfone groups is 1. The minimum absolute atomic E-state index is 0.0651. The van der Waals surface area contributed by atoms with Crippen LogP contribution in [0.25, 0.3) is 0 Å². The standard InChI is InChI=1S/C13H18FNO4S/c1-8(2)15-6-13-18-7-10-11(14)4-9(20(3,16)17)5-12(10)19-13/h4-5,8,13,15H,6-7H2,1-3H3. The van der Waals surface area contributed by atoms with E-state index in [2.05, 4.69) is 5.32 Å². The van der Waals surface area contributed by atoms with Gasteiger partial charge in [-0.3, -0.25) is 0 Å². The minimum Gasteiger partial charge on any atom is -0.463 e. The molecule has 7 heteroatoms. The van der Waals surface area contributed by atoms with Crippen LogP contribution in [-0.4, -0.2) is 33.6 Å². The van der Waals surface area contributed by atoms with Crippen molar-refractivity contribution in [1.82, 2.24) is 5.32 Å². The summed E-state index contributed by atoms with van der Waals surface area (Å²) in [7, 11) is -3.48. The van der Waals surface area contributed by atoms with E-state index < -0.39 is 21.9 Å². The van der Waals surface area contributed by atoms with E-state index in [-0.39, 0.29) is 28.9 Å². The fourth-order valence-electron chi connectivity index (χ4n) is 1.83. The minimum atomic E-state index is -3.48. The SMILES string of the molecule is CC(C)NCC1OCc2c(F)cc(S(C)(=O)=O)cc2O1. The van der Waals surface area contributed by atoms with E-state index in [0.29, 0.717) is 6.54 Å². The van der Waals surface area contributed by atoms with Gasteiger partial charge in [-0.05, 0) is 12.1 Å². The molecule has 0 amide bonds. The number of ether oxygens (including phenoxy) is 2. The van der Waals surface area contributed by atoms with E-state index in [9.17, 15) is 12.8 Å². The fourth-order valence-corrected chi connectivity index (χ4v) is 2.47. The van der Waals surface area contributed by atoms with Gasteiger partial charge in [0.1, 0.15) is 11.6 Å². The molecule has 0 bridgehead atoms. The van der Waals surface area contributed by atoms with Crippen molar-refractivity contribution in [2.75, 3.05) is 12.8 Å². The largest absolute Gasteiger partial charge is 0.463 e. The predicted molar refractivity (Wildman–Crippen MR) is 71.9 cm³/mol. The van der Waals surface area contributed by atoms with Crippen molar-refractivity contribution in [2.24, 2.45) is 0 Å². The van der Waals surface area contributed by atoms with Crippen molar-refractivity contribution in [3.05, 3.63) is 23.5 Å². The summed E-state index contributed by atoms with van der Waals surface area (Å²) < 4.78 is 47.8. The Balaban J connectivity index is 2.24. The van der Waals surface area contributed by atoms with Gasteiger partial charge in [-0.25, -0.2) is 12.8 Å². The van der Waals surface area contributed by atoms with Crippen molar-refractivity contribution in [1.29, 1.82) is 0 Å². The normalized spacial score (nSPS) is 18.8. The summed E-state index contributed by atoms with van der Waals surface area (Å²) in [5.74, 6) is -0.398. The molecule has 0 radical (unpaired) electrons. The second-order valence-electron chi connectivity index (χ2n) is 5.08. The third-order valence-electron chi connectivity index (χ3n) is 2.92. The maximum absolute atomic E-state index is 13.9. The molecule has 1 N–H and O–H groups in total. The van der Waals surface area contributed by atoms with Crippen LogP contribution in [0.5, 0.6) is 5.75 Å². The van der Waals surface area contributed by atoms with Crippen LogP contribution in [0.4, 0.5) is 4.39 Å². The molecule has 0 fully saturated rings. The first-order valence-electron chi connectivity index (χ1n) is 6.31. The smallest absolute Gasteiger partial charge is 0.212 e. The molecular weight excluding hydrogens is 285 g/mol. The number of hydrogen-bond donors (Lipinski definition) is 1. The lowest BCUT2D eigenvalue weighted by atomic mass is 10.2. The molecule has 0 saturated carbocycles. The third-order valence-corrected chi connectivity index (χ3v) is 4.01. The summed E-state index contributed by atoms with van der Waals surface area (Å²) in [6, 6.07) is 2.61. The lowest BCUT2D eigenvalue weighted by Crippen LogP contribution is -2.39. The summed E-state index contributed by atoms with van der Waals surface area (Å²) >= 11 is 0. The highest BCUT2D eigenvalue weighted by Gasteiger charge is 2.25. The van der Waals surface area contributed by atoms with E-state index in [1.165, 1.54) is 6.07 Å². The Bertz CT molecular complexity index is 601. The zero-order chi connectivity index (χ0) is 14.9. The van der Waals surface area contributed by atoms with Gasteiger partial charge in [-0.2, -0.15) is 0 Å². The molecular formula is C13H18FNO4S. The van der Waals surface area contributed by atoms with Crippen molar-refractivity contribution in [2.45, 2.75) is 37.7 Å². The van der Waals surface area contributed by atoms with Gasteiger partial charge in [0.05, 0.1) is 23.6 Å². The lowest BCUT2D eigenvalue weighted by Gasteiger charge is -2.27. The highest BCUT2D eigenvalue weighted by atomic mass is 32.2. The Hall–Kier alpha value is -1.18. The van der Waals surface area contributed by atoms with Gasteiger partial charge in [0.25, 0.3) is 0 Å². The molecule has 0 aromatic heterocycles. The zero-order valence-electron chi connectivity index (χ0n) is 11.6. The van der Waals surface area contributed by atoms with Gasteiger partial charge in [-0.15, -0.1) is 0 Å². The van der Waals surface area contributed by atoms with Crippen molar-refractivity contribution >= 4 is 9.84 Å². The number of halogens is 1. The van der Waals surface area contributed by atoms with Crippen LogP contribution in [0.2, 0.25) is 0 Å². The Morgan fingerprint density at radius 3 is 2.75 bits per heavy atom. The van der Waals surface area contributed by atoms with Crippen molar-refractivity contribution in [3.63, 3.8) is 0 Å². The Morgan fingerprint density at radius 2 is 2.15 bits per heavy atom. The molecule has 0 spiro atoms. The van der Waals surface area contributed by atoms with E-state index in [0.717, 1.165) is 12.3 Å². The molecule has 1 aliphatic heterocycles. The lowest BCUT2D eigenvalue weighted by molar-refractivity contribution is -0.107. The number of rotatable bonds is 4. The molecule has 1 aromatic rings. The van der Waals surface area contributed by atoms with E-state index >= 15 is 0 Å². The zero-order valence-corrected chi connectivity index (χ0v) is 12.5. The predicted octanol–water partition coefficient (Wildman–Crippen LogP) is 1.46. The van der Waals surface area contributed by atoms with Crippen LogP contribution < -0.4 is 10.1 Å². The first-order chi connectivity index (χ1) is 9.27. The summed E-state index contributed by atoms with van der Waals surface area (Å²) in [4.78, 5) is -0.0915. The number of benzene rings is 1. The molecule has 1 aliphatic rings. The van der Waals surface area contributed by atoms with E-state index in [1.807, 2.05) is 13.8 Å². The Kier molecular flexibility index (Phi) is 4.31. The van der Waals surface area contributed by atoms with Crippen molar-refractivity contribution < 1.29 is 22.3 Å². The van der Waals surface area contributed by atoms with Crippen LogP contribution in [0.1, 0.15) is 19.4 Å². The first-order valence-corrected chi connectivity index (χ1v) is 8.20. The van der Waals surface area contributed by atoms with E-state index in [4.69, 9.17) is 9.47 Å². The summed E-state index contributed by atoms with van der Waals surface area (Å²) in [6.45, 7) is 4.48. The maximum atomic E-state index is 13.9. The quantitative estimate of drug-likeness (QED) is 0.912. The molecule has 112 valence electrons. The molecule has 0 saturated heterocycles. The summed E-state index contributed by atoms with van der Waals surface area (Å²) in [6.07, 6.45) is 0.477. The van der Waals surface area contributed by atoms with Crippen LogP contribution in [0, 0.1) is 5.82 Å². The summed E-state index contributed by atoms with van der Waals surface area (Å²) in [5.41, 5.74) is 0.248. The second kappa shape index (κ2) is 5.67. The molecule has 1 atom stereocenters. The fraction of sp³-hybridized carbons (Fsp3) is 0.538. The number of hydrogen-bond acceptors (Lipinski definition) is 5. The van der Waals surface area contributed by atoms with Crippen LogP contribution in [0.3, 0.4) is 0 Å². The van der Waals surface area contributed by atoms with Crippen LogP contribution in [0.15, 0.2) is 17.0 Å². The van der Waals surface area contributed by atoms with Gasteiger partial charge in [-0.1, -0.05) is 13.8 Å². The molecule has 0 aliphatic carbocycles. The van der Waals surface area contributed by atoms with Gasteiger partial charge in [0.15, 0.2) is 9.84 Å². The highest BCUT2D eigenvalue weighted by molar-refractivity contribution is 7.90. The first kappa shape index (κ1) is 15.2. The molecule has 5 nitrogen and oxygen atoms in total. The monoisotopic (exact) mass is 303 g/mol. The van der Waals surface area contributed by atoms with Crippen molar-refractivity contribution in [3.8, 4) is 5.75 Å². The van der Waals surface area contributed by atoms with Gasteiger partial charge in [0.2, 0.25) is 6.29 Å². The highest BCUT2D eigenvalue weighted by Crippen LogP contribution is 2.31. The summed E-state index contributed by atoms with van der Waals surface area (Å²) in [5, 5.41) is 3.14. The maximum Gasteiger partial charge on any atom is 0.212 e.